The Balaban J connectivity index is 1.74. The minimum atomic E-state index is -2.96. The Morgan fingerprint density at radius 2 is 2.12 bits per heavy atom. The van der Waals surface area contributed by atoms with Gasteiger partial charge in [-0.1, -0.05) is 6.07 Å². The quantitative estimate of drug-likeness (QED) is 0.808. The molecule has 0 radical (unpaired) electrons. The zero-order valence-corrected chi connectivity index (χ0v) is 16.5. The number of hydrogen-bond acceptors (Lipinski definition) is 4. The molecule has 0 saturated carbocycles. The number of sulfone groups is 1. The first kappa shape index (κ1) is 18.6. The number of ether oxygens (including phenoxy) is 1. The maximum absolute atomic E-state index is 11.9. The summed E-state index contributed by atoms with van der Waals surface area (Å²) in [5, 5.41) is 3.88. The molecule has 2 heterocycles. The monoisotopic (exact) mass is 382 g/mol. The fraction of sp³-hybridized carbons (Fsp3) is 0.611. The fourth-order valence-electron chi connectivity index (χ4n) is 3.44. The van der Waals surface area contributed by atoms with Crippen LogP contribution >= 0.6 is 12.2 Å². The summed E-state index contributed by atoms with van der Waals surface area (Å²) >= 11 is 5.64. The molecule has 2 fully saturated rings. The number of nitrogens with zero attached hydrogens (tertiary/aromatic N) is 1. The molecule has 25 heavy (non-hydrogen) atoms. The standard InChI is InChI=1S/C18H26N2O3S2/c1-13-5-6-15(10-14(13)2)19-18(24)20(11-17-4-3-8-23-17)16-7-9-25(21,22)12-16/h5-6,10,16-17H,3-4,7-9,11-12H2,1-2H3,(H,19,24)/t16-,17+/m1/s1. The molecule has 138 valence electrons. The van der Waals surface area contributed by atoms with E-state index in [4.69, 9.17) is 17.0 Å². The SMILES string of the molecule is Cc1ccc(NC(=S)N(C[C@@H]2CCCO2)[C@@H]2CCS(=O)(=O)C2)cc1C. The zero-order valence-electron chi connectivity index (χ0n) is 14.8. The molecule has 1 aromatic carbocycles. The predicted octanol–water partition coefficient (Wildman–Crippen LogP) is 2.67. The van der Waals surface area contributed by atoms with Crippen molar-refractivity contribution in [1.29, 1.82) is 0 Å². The van der Waals surface area contributed by atoms with E-state index in [0.717, 1.165) is 25.1 Å². The van der Waals surface area contributed by atoms with Crippen LogP contribution in [0.25, 0.3) is 0 Å². The third kappa shape index (κ3) is 4.71. The lowest BCUT2D eigenvalue weighted by Gasteiger charge is -2.33. The van der Waals surface area contributed by atoms with Crippen molar-refractivity contribution in [1.82, 2.24) is 4.90 Å². The van der Waals surface area contributed by atoms with Crippen molar-refractivity contribution >= 4 is 32.9 Å². The number of rotatable bonds is 4. The van der Waals surface area contributed by atoms with Gasteiger partial charge in [-0.05, 0) is 68.6 Å². The predicted molar refractivity (Wildman–Crippen MR) is 105 cm³/mol. The first-order chi connectivity index (χ1) is 11.8. The molecule has 0 aromatic heterocycles. The second-order valence-electron chi connectivity index (χ2n) is 7.07. The summed E-state index contributed by atoms with van der Waals surface area (Å²) in [6.45, 7) is 5.57. The molecule has 0 amide bonds. The van der Waals surface area contributed by atoms with E-state index < -0.39 is 9.84 Å². The summed E-state index contributed by atoms with van der Waals surface area (Å²) in [6.07, 6.45) is 2.81. The normalized spacial score (nSPS) is 25.0. The van der Waals surface area contributed by atoms with E-state index in [9.17, 15) is 8.42 Å². The molecule has 2 atom stereocenters. The van der Waals surface area contributed by atoms with Gasteiger partial charge in [0.2, 0.25) is 0 Å². The number of thiocarbonyl (C=S) groups is 1. The molecule has 2 aliphatic heterocycles. The molecule has 0 spiro atoms. The Hall–Kier alpha value is -1.18. The number of aryl methyl sites for hydroxylation is 2. The maximum Gasteiger partial charge on any atom is 0.173 e. The topological polar surface area (TPSA) is 58.6 Å². The largest absolute Gasteiger partial charge is 0.376 e. The van der Waals surface area contributed by atoms with Gasteiger partial charge in [0, 0.05) is 24.9 Å². The summed E-state index contributed by atoms with van der Waals surface area (Å²) in [6, 6.07) is 6.06. The van der Waals surface area contributed by atoms with Crippen LogP contribution in [0.5, 0.6) is 0 Å². The average molecular weight is 383 g/mol. The maximum atomic E-state index is 11.9. The molecule has 0 aliphatic carbocycles. The third-order valence-electron chi connectivity index (χ3n) is 5.09. The van der Waals surface area contributed by atoms with E-state index in [2.05, 4.69) is 31.3 Å². The molecule has 1 N–H and O–H groups in total. The minimum Gasteiger partial charge on any atom is -0.376 e. The van der Waals surface area contributed by atoms with Crippen LogP contribution in [0.4, 0.5) is 5.69 Å². The van der Waals surface area contributed by atoms with Crippen LogP contribution in [0.3, 0.4) is 0 Å². The Labute approximate surface area is 155 Å². The van der Waals surface area contributed by atoms with Gasteiger partial charge in [-0.3, -0.25) is 0 Å². The van der Waals surface area contributed by atoms with E-state index in [0.29, 0.717) is 18.1 Å². The second-order valence-corrected chi connectivity index (χ2v) is 9.69. The third-order valence-corrected chi connectivity index (χ3v) is 7.18. The highest BCUT2D eigenvalue weighted by Gasteiger charge is 2.35. The molecule has 2 saturated heterocycles. The van der Waals surface area contributed by atoms with Gasteiger partial charge in [0.15, 0.2) is 14.9 Å². The second kappa shape index (κ2) is 7.60. The lowest BCUT2D eigenvalue weighted by atomic mass is 10.1. The average Bonchev–Trinajstić information content (AvgIpc) is 3.17. The molecular formula is C18H26N2O3S2. The van der Waals surface area contributed by atoms with E-state index >= 15 is 0 Å². The Kier molecular flexibility index (Phi) is 5.65. The summed E-state index contributed by atoms with van der Waals surface area (Å²) < 4.78 is 29.6. The zero-order chi connectivity index (χ0) is 18.0. The first-order valence-electron chi connectivity index (χ1n) is 8.81. The van der Waals surface area contributed by atoms with Gasteiger partial charge in [0.25, 0.3) is 0 Å². The van der Waals surface area contributed by atoms with Crippen LogP contribution in [-0.2, 0) is 14.6 Å². The molecule has 1 aromatic rings. The van der Waals surface area contributed by atoms with Crippen molar-refractivity contribution in [2.24, 2.45) is 0 Å². The van der Waals surface area contributed by atoms with E-state index in [1.807, 2.05) is 11.0 Å². The van der Waals surface area contributed by atoms with E-state index in [-0.39, 0.29) is 23.7 Å². The highest BCUT2D eigenvalue weighted by molar-refractivity contribution is 7.91. The Morgan fingerprint density at radius 3 is 2.72 bits per heavy atom. The van der Waals surface area contributed by atoms with Gasteiger partial charge < -0.3 is 15.0 Å². The van der Waals surface area contributed by atoms with Crippen molar-refractivity contribution < 1.29 is 13.2 Å². The summed E-state index contributed by atoms with van der Waals surface area (Å²) in [5.41, 5.74) is 3.36. The van der Waals surface area contributed by atoms with Crippen molar-refractivity contribution in [3.63, 3.8) is 0 Å². The molecular weight excluding hydrogens is 356 g/mol. The van der Waals surface area contributed by atoms with Crippen LogP contribution in [0.1, 0.15) is 30.4 Å². The number of benzene rings is 1. The summed E-state index contributed by atoms with van der Waals surface area (Å²) in [7, 11) is -2.96. The number of anilines is 1. The highest BCUT2D eigenvalue weighted by atomic mass is 32.2. The van der Waals surface area contributed by atoms with Crippen LogP contribution in [0.15, 0.2) is 18.2 Å². The van der Waals surface area contributed by atoms with Gasteiger partial charge in [0.05, 0.1) is 17.6 Å². The van der Waals surface area contributed by atoms with Gasteiger partial charge in [-0.2, -0.15) is 0 Å². The molecule has 0 unspecified atom stereocenters. The van der Waals surface area contributed by atoms with Gasteiger partial charge in [-0.15, -0.1) is 0 Å². The molecule has 7 heteroatoms. The summed E-state index contributed by atoms with van der Waals surface area (Å²) in [4.78, 5) is 2.03. The van der Waals surface area contributed by atoms with Gasteiger partial charge in [0.1, 0.15) is 0 Å². The van der Waals surface area contributed by atoms with E-state index in [1.165, 1.54) is 11.1 Å². The van der Waals surface area contributed by atoms with Crippen molar-refractivity contribution in [3.05, 3.63) is 29.3 Å². The molecule has 3 rings (SSSR count). The molecule has 5 nitrogen and oxygen atoms in total. The minimum absolute atomic E-state index is 0.0688. The van der Waals surface area contributed by atoms with Crippen molar-refractivity contribution in [2.75, 3.05) is 30.0 Å². The fourth-order valence-corrected chi connectivity index (χ4v) is 5.51. The van der Waals surface area contributed by atoms with Crippen molar-refractivity contribution in [3.8, 4) is 0 Å². The Morgan fingerprint density at radius 1 is 1.32 bits per heavy atom. The van der Waals surface area contributed by atoms with Gasteiger partial charge >= 0.3 is 0 Å². The lowest BCUT2D eigenvalue weighted by molar-refractivity contribution is 0.0851. The lowest BCUT2D eigenvalue weighted by Crippen LogP contribution is -2.47. The molecule has 2 aliphatic rings. The highest BCUT2D eigenvalue weighted by Crippen LogP contribution is 2.23. The van der Waals surface area contributed by atoms with Crippen molar-refractivity contribution in [2.45, 2.75) is 45.3 Å². The van der Waals surface area contributed by atoms with Crippen LogP contribution in [0.2, 0.25) is 0 Å². The van der Waals surface area contributed by atoms with Crippen LogP contribution in [-0.4, -0.2) is 55.2 Å². The Bertz CT molecular complexity index is 743. The van der Waals surface area contributed by atoms with Gasteiger partial charge in [-0.25, -0.2) is 8.42 Å². The number of nitrogens with one attached hydrogen (secondary N) is 1. The van der Waals surface area contributed by atoms with Crippen LogP contribution in [0, 0.1) is 13.8 Å². The first-order valence-corrected chi connectivity index (χ1v) is 11.0. The van der Waals surface area contributed by atoms with Crippen LogP contribution < -0.4 is 5.32 Å². The molecule has 0 bridgehead atoms. The summed E-state index contributed by atoms with van der Waals surface area (Å²) in [5.74, 6) is 0.417. The smallest absolute Gasteiger partial charge is 0.173 e. The van der Waals surface area contributed by atoms with E-state index in [1.54, 1.807) is 0 Å². The number of hydrogen-bond donors (Lipinski definition) is 1.